The zero-order valence-corrected chi connectivity index (χ0v) is 14.3. The van der Waals surface area contributed by atoms with Crippen LogP contribution in [0.25, 0.3) is 6.08 Å². The van der Waals surface area contributed by atoms with Gasteiger partial charge in [0.25, 0.3) is 0 Å². The van der Waals surface area contributed by atoms with Crippen LogP contribution in [0, 0.1) is 0 Å². The number of hydrogen-bond donors (Lipinski definition) is 0. The predicted molar refractivity (Wildman–Crippen MR) is 90.9 cm³/mol. The van der Waals surface area contributed by atoms with Crippen molar-refractivity contribution < 1.29 is 28.5 Å². The molecule has 0 saturated heterocycles. The first kappa shape index (κ1) is 19.7. The largest absolute Gasteiger partial charge is 0.493 e. The minimum Gasteiger partial charge on any atom is -0.493 e. The number of benzene rings is 1. The minimum absolute atomic E-state index is 0.0379. The van der Waals surface area contributed by atoms with Gasteiger partial charge in [0, 0.05) is 19.3 Å². The van der Waals surface area contributed by atoms with Crippen molar-refractivity contribution in [2.45, 2.75) is 13.8 Å². The molecule has 1 aromatic carbocycles. The second-order valence-corrected chi connectivity index (χ2v) is 4.46. The molecule has 0 heterocycles. The molecule has 0 bridgehead atoms. The molecule has 0 amide bonds. The molecule has 0 aliphatic heterocycles. The molecule has 6 heteroatoms. The van der Waals surface area contributed by atoms with Crippen molar-refractivity contribution in [1.29, 1.82) is 0 Å². The molecule has 0 saturated carbocycles. The van der Waals surface area contributed by atoms with Crippen molar-refractivity contribution in [2.24, 2.45) is 0 Å². The number of allylic oxidation sites excluding steroid dienone is 2. The summed E-state index contributed by atoms with van der Waals surface area (Å²) >= 11 is 0. The molecule has 0 atom stereocenters. The fourth-order valence-corrected chi connectivity index (χ4v) is 1.63. The van der Waals surface area contributed by atoms with Crippen LogP contribution in [-0.4, -0.2) is 39.9 Å². The summed E-state index contributed by atoms with van der Waals surface area (Å²) in [5, 5.41) is 0. The molecule has 0 aliphatic carbocycles. The summed E-state index contributed by atoms with van der Waals surface area (Å²) in [6.07, 6.45) is 6.49. The van der Waals surface area contributed by atoms with Gasteiger partial charge < -0.3 is 23.7 Å². The quantitative estimate of drug-likeness (QED) is 0.203. The van der Waals surface area contributed by atoms with Crippen LogP contribution in [0.3, 0.4) is 0 Å². The van der Waals surface area contributed by atoms with E-state index >= 15 is 0 Å². The highest BCUT2D eigenvalue weighted by atomic mass is 16.7. The van der Waals surface area contributed by atoms with E-state index in [-0.39, 0.29) is 13.6 Å². The summed E-state index contributed by atoms with van der Waals surface area (Å²) in [7, 11) is 1.57. The van der Waals surface area contributed by atoms with Gasteiger partial charge in [-0.05, 0) is 31.5 Å². The van der Waals surface area contributed by atoms with E-state index in [1.807, 2.05) is 32.1 Å². The van der Waals surface area contributed by atoms with Crippen LogP contribution >= 0.6 is 0 Å². The van der Waals surface area contributed by atoms with E-state index in [4.69, 9.17) is 23.7 Å². The first-order valence-corrected chi connectivity index (χ1v) is 7.69. The van der Waals surface area contributed by atoms with E-state index in [0.717, 1.165) is 5.56 Å². The predicted octanol–water partition coefficient (Wildman–Crippen LogP) is 3.17. The molecule has 0 unspecified atom stereocenters. The third-order valence-corrected chi connectivity index (χ3v) is 2.81. The maximum Gasteiger partial charge on any atom is 0.332 e. The highest BCUT2D eigenvalue weighted by Gasteiger charge is 2.04. The second-order valence-electron chi connectivity index (χ2n) is 4.46. The number of methoxy groups -OCH3 is 1. The highest BCUT2D eigenvalue weighted by Crippen LogP contribution is 2.28. The molecule has 0 radical (unpaired) electrons. The van der Waals surface area contributed by atoms with Gasteiger partial charge in [-0.1, -0.05) is 24.3 Å². The van der Waals surface area contributed by atoms with Crippen LogP contribution in [0.1, 0.15) is 19.4 Å². The standard InChI is InChI=1S/C18H24O6/c1-4-21-13-23-16-11-10-15(12-17(16)20-3)8-6-7-9-18(19)24-14-22-5-2/h6-12H,4-5,13-14H2,1-3H3/b8-6+,9-7+. The van der Waals surface area contributed by atoms with Gasteiger partial charge in [-0.25, -0.2) is 4.79 Å². The fourth-order valence-electron chi connectivity index (χ4n) is 1.63. The summed E-state index contributed by atoms with van der Waals surface area (Å²) in [5.41, 5.74) is 0.906. The number of rotatable bonds is 11. The third kappa shape index (κ3) is 7.80. The van der Waals surface area contributed by atoms with Gasteiger partial charge in [0.2, 0.25) is 0 Å². The smallest absolute Gasteiger partial charge is 0.332 e. The van der Waals surface area contributed by atoms with E-state index < -0.39 is 5.97 Å². The molecule has 24 heavy (non-hydrogen) atoms. The van der Waals surface area contributed by atoms with E-state index in [2.05, 4.69) is 0 Å². The van der Waals surface area contributed by atoms with Crippen molar-refractivity contribution in [1.82, 2.24) is 0 Å². The SMILES string of the molecule is CCOCOC(=O)/C=C/C=C/c1ccc(OCOCC)c(OC)c1. The molecular weight excluding hydrogens is 312 g/mol. The summed E-state index contributed by atoms with van der Waals surface area (Å²) in [6, 6.07) is 5.51. The normalized spacial score (nSPS) is 11.1. The molecular formula is C18H24O6. The Morgan fingerprint density at radius 2 is 1.79 bits per heavy atom. The van der Waals surface area contributed by atoms with Crippen LogP contribution in [0.15, 0.2) is 36.4 Å². The van der Waals surface area contributed by atoms with E-state index in [1.54, 1.807) is 25.3 Å². The maximum atomic E-state index is 11.3. The van der Waals surface area contributed by atoms with Gasteiger partial charge in [0.15, 0.2) is 25.1 Å². The number of esters is 1. The molecule has 1 rings (SSSR count). The third-order valence-electron chi connectivity index (χ3n) is 2.81. The zero-order chi connectivity index (χ0) is 17.6. The van der Waals surface area contributed by atoms with E-state index in [9.17, 15) is 4.79 Å². The summed E-state index contributed by atoms with van der Waals surface area (Å²) in [4.78, 5) is 11.3. The summed E-state index contributed by atoms with van der Waals surface area (Å²) < 4.78 is 25.6. The van der Waals surface area contributed by atoms with Gasteiger partial charge in [-0.2, -0.15) is 0 Å². The van der Waals surface area contributed by atoms with Crippen molar-refractivity contribution in [3.63, 3.8) is 0 Å². The fraction of sp³-hybridized carbons (Fsp3) is 0.389. The summed E-state index contributed by atoms with van der Waals surface area (Å²) in [5.74, 6) is 0.764. The van der Waals surface area contributed by atoms with Crippen molar-refractivity contribution in [3.05, 3.63) is 42.0 Å². The first-order chi connectivity index (χ1) is 11.7. The average molecular weight is 336 g/mol. The Morgan fingerprint density at radius 3 is 2.50 bits per heavy atom. The van der Waals surface area contributed by atoms with Gasteiger partial charge in [-0.3, -0.25) is 0 Å². The number of hydrogen-bond acceptors (Lipinski definition) is 6. The van der Waals surface area contributed by atoms with Crippen LogP contribution in [0.2, 0.25) is 0 Å². The van der Waals surface area contributed by atoms with Crippen LogP contribution in [0.4, 0.5) is 0 Å². The lowest BCUT2D eigenvalue weighted by Gasteiger charge is -2.10. The second kappa shape index (κ2) is 12.2. The molecule has 6 nitrogen and oxygen atoms in total. The van der Waals surface area contributed by atoms with Crippen LogP contribution < -0.4 is 9.47 Å². The number of ether oxygens (including phenoxy) is 5. The van der Waals surface area contributed by atoms with Crippen LogP contribution in [-0.2, 0) is 19.0 Å². The Labute approximate surface area is 142 Å². The van der Waals surface area contributed by atoms with Crippen molar-refractivity contribution >= 4 is 12.0 Å². The Kier molecular flexibility index (Phi) is 9.99. The number of carbonyl (C=O) groups excluding carboxylic acids is 1. The average Bonchev–Trinajstić information content (AvgIpc) is 2.60. The van der Waals surface area contributed by atoms with Gasteiger partial charge in [0.1, 0.15) is 0 Å². The lowest BCUT2D eigenvalue weighted by Crippen LogP contribution is -2.05. The molecule has 0 aromatic heterocycles. The molecule has 1 aromatic rings. The minimum atomic E-state index is -0.453. The maximum absolute atomic E-state index is 11.3. The number of carbonyl (C=O) groups is 1. The molecule has 132 valence electrons. The molecule has 0 fully saturated rings. The molecule has 0 N–H and O–H groups in total. The molecule has 0 aliphatic rings. The molecule has 0 spiro atoms. The van der Waals surface area contributed by atoms with Crippen LogP contribution in [0.5, 0.6) is 11.5 Å². The Hall–Kier alpha value is -2.31. The Balaban J connectivity index is 2.56. The van der Waals surface area contributed by atoms with Gasteiger partial charge in [-0.15, -0.1) is 0 Å². The van der Waals surface area contributed by atoms with E-state index in [1.165, 1.54) is 6.08 Å². The lowest BCUT2D eigenvalue weighted by atomic mass is 10.2. The first-order valence-electron chi connectivity index (χ1n) is 7.69. The Bertz CT molecular complexity index is 550. The topological polar surface area (TPSA) is 63.2 Å². The lowest BCUT2D eigenvalue weighted by molar-refractivity contribution is -0.149. The van der Waals surface area contributed by atoms with Gasteiger partial charge in [0.05, 0.1) is 7.11 Å². The van der Waals surface area contributed by atoms with Gasteiger partial charge >= 0.3 is 5.97 Å². The van der Waals surface area contributed by atoms with Crippen molar-refractivity contribution in [3.8, 4) is 11.5 Å². The zero-order valence-electron chi connectivity index (χ0n) is 14.3. The summed E-state index contributed by atoms with van der Waals surface area (Å²) in [6.45, 7) is 4.95. The van der Waals surface area contributed by atoms with E-state index in [0.29, 0.717) is 24.7 Å². The highest BCUT2D eigenvalue weighted by molar-refractivity contribution is 5.82. The Morgan fingerprint density at radius 1 is 1.04 bits per heavy atom. The monoisotopic (exact) mass is 336 g/mol. The van der Waals surface area contributed by atoms with Crippen molar-refractivity contribution in [2.75, 3.05) is 33.9 Å².